The summed E-state index contributed by atoms with van der Waals surface area (Å²) in [6, 6.07) is 7.68. The van der Waals surface area contributed by atoms with E-state index in [2.05, 4.69) is 15.7 Å². The molecule has 0 saturated heterocycles. The van der Waals surface area contributed by atoms with Gasteiger partial charge in [-0.2, -0.15) is 5.10 Å². The van der Waals surface area contributed by atoms with Crippen molar-refractivity contribution in [1.29, 1.82) is 0 Å². The fraction of sp³-hybridized carbons (Fsp3) is 0.158. The van der Waals surface area contributed by atoms with Crippen molar-refractivity contribution in [1.82, 2.24) is 20.4 Å². The first-order valence-corrected chi connectivity index (χ1v) is 9.07. The molecule has 1 unspecified atom stereocenters. The molecular formula is C19H16Cl2F2N4O. The molecule has 2 N–H and O–H groups in total. The molecule has 0 bridgehead atoms. The predicted octanol–water partition coefficient (Wildman–Crippen LogP) is 5.02. The number of hydrogen-bond acceptors (Lipinski definition) is 2. The Hall–Kier alpha value is -2.64. The molecule has 0 fully saturated rings. The highest BCUT2D eigenvalue weighted by atomic mass is 35.5. The highest BCUT2D eigenvalue weighted by Gasteiger charge is 2.12. The number of urea groups is 1. The van der Waals surface area contributed by atoms with Crippen LogP contribution in [-0.2, 0) is 6.54 Å². The first kappa shape index (κ1) is 20.1. The van der Waals surface area contributed by atoms with Crippen molar-refractivity contribution in [2.45, 2.75) is 19.5 Å². The van der Waals surface area contributed by atoms with Crippen LogP contribution in [0.15, 0.2) is 48.8 Å². The van der Waals surface area contributed by atoms with Gasteiger partial charge in [-0.15, -0.1) is 0 Å². The Balaban J connectivity index is 1.57. The van der Waals surface area contributed by atoms with E-state index in [0.717, 1.165) is 17.7 Å². The van der Waals surface area contributed by atoms with E-state index in [1.165, 1.54) is 16.9 Å². The van der Waals surface area contributed by atoms with Crippen LogP contribution in [0.4, 0.5) is 13.6 Å². The molecule has 28 heavy (non-hydrogen) atoms. The fourth-order valence-corrected chi connectivity index (χ4v) is 2.85. The number of carbonyl (C=O) groups excluding carboxylic acids is 1. The summed E-state index contributed by atoms with van der Waals surface area (Å²) < 4.78 is 28.1. The summed E-state index contributed by atoms with van der Waals surface area (Å²) in [6.45, 7) is 2.00. The Bertz CT molecular complexity index is 1010. The van der Waals surface area contributed by atoms with E-state index in [-0.39, 0.29) is 24.3 Å². The molecule has 1 heterocycles. The fourth-order valence-electron chi connectivity index (χ4n) is 2.55. The minimum Gasteiger partial charge on any atom is -0.334 e. The monoisotopic (exact) mass is 424 g/mol. The van der Waals surface area contributed by atoms with Crippen molar-refractivity contribution < 1.29 is 13.6 Å². The maximum absolute atomic E-state index is 13.8. The summed E-state index contributed by atoms with van der Waals surface area (Å²) in [7, 11) is 0. The zero-order valence-corrected chi connectivity index (χ0v) is 16.2. The van der Waals surface area contributed by atoms with Gasteiger partial charge in [-0.1, -0.05) is 29.3 Å². The zero-order valence-electron chi connectivity index (χ0n) is 14.7. The summed E-state index contributed by atoms with van der Waals surface area (Å²) in [5.74, 6) is -1.39. The number of benzene rings is 2. The Morgan fingerprint density at radius 1 is 1.18 bits per heavy atom. The van der Waals surface area contributed by atoms with E-state index in [9.17, 15) is 13.6 Å². The average molecular weight is 425 g/mol. The maximum Gasteiger partial charge on any atom is 0.315 e. The lowest BCUT2D eigenvalue weighted by molar-refractivity contribution is 0.237. The number of nitrogens with zero attached hydrogens (tertiary/aromatic N) is 2. The molecule has 2 aromatic carbocycles. The van der Waals surface area contributed by atoms with Gasteiger partial charge in [0, 0.05) is 24.4 Å². The lowest BCUT2D eigenvalue weighted by Gasteiger charge is -2.15. The highest BCUT2D eigenvalue weighted by molar-refractivity contribution is 6.42. The standard InChI is InChI=1S/C19H16Cl2F2N4O/c1-11(13-2-4-15(20)16(21)6-13)26-19(28)24-8-12-9-25-27(10-12)18-5-3-14(22)7-17(18)23/h2-7,9-11H,8H2,1H3,(H2,24,26,28). The molecule has 5 nitrogen and oxygen atoms in total. The van der Waals surface area contributed by atoms with Crippen LogP contribution in [-0.4, -0.2) is 15.8 Å². The zero-order chi connectivity index (χ0) is 20.3. The van der Waals surface area contributed by atoms with E-state index < -0.39 is 11.6 Å². The van der Waals surface area contributed by atoms with Gasteiger partial charge in [0.2, 0.25) is 0 Å². The van der Waals surface area contributed by atoms with Crippen LogP contribution < -0.4 is 10.6 Å². The molecule has 0 aliphatic rings. The first-order chi connectivity index (χ1) is 13.3. The Morgan fingerprint density at radius 2 is 1.96 bits per heavy atom. The van der Waals surface area contributed by atoms with Gasteiger partial charge in [-0.05, 0) is 36.8 Å². The van der Waals surface area contributed by atoms with Crippen molar-refractivity contribution in [3.63, 3.8) is 0 Å². The molecule has 2 amide bonds. The molecule has 0 radical (unpaired) electrons. The molecule has 3 rings (SSSR count). The second kappa shape index (κ2) is 8.58. The van der Waals surface area contributed by atoms with Crippen LogP contribution in [0.3, 0.4) is 0 Å². The van der Waals surface area contributed by atoms with E-state index in [0.29, 0.717) is 15.6 Å². The molecule has 9 heteroatoms. The number of hydrogen-bond donors (Lipinski definition) is 2. The van der Waals surface area contributed by atoms with Gasteiger partial charge >= 0.3 is 6.03 Å². The van der Waals surface area contributed by atoms with Gasteiger partial charge in [0.15, 0.2) is 5.82 Å². The van der Waals surface area contributed by atoms with Crippen LogP contribution >= 0.6 is 23.2 Å². The second-order valence-corrected chi connectivity index (χ2v) is 6.93. The number of amides is 2. The summed E-state index contributed by atoms with van der Waals surface area (Å²) in [5, 5.41) is 10.4. The molecule has 0 spiro atoms. The molecule has 0 aliphatic heterocycles. The van der Waals surface area contributed by atoms with Gasteiger partial charge in [-0.3, -0.25) is 0 Å². The number of rotatable bonds is 5. The van der Waals surface area contributed by atoms with Crippen molar-refractivity contribution in [2.75, 3.05) is 0 Å². The van der Waals surface area contributed by atoms with Crippen LogP contribution in [0.2, 0.25) is 10.0 Å². The molecule has 1 atom stereocenters. The Morgan fingerprint density at radius 3 is 2.68 bits per heavy atom. The topological polar surface area (TPSA) is 59.0 Å². The number of halogens is 4. The van der Waals surface area contributed by atoms with Crippen molar-refractivity contribution in [3.8, 4) is 5.69 Å². The largest absolute Gasteiger partial charge is 0.334 e. The molecule has 0 aliphatic carbocycles. The van der Waals surface area contributed by atoms with Crippen LogP contribution in [0.25, 0.3) is 5.69 Å². The molecule has 3 aromatic rings. The van der Waals surface area contributed by atoms with Crippen molar-refractivity contribution in [2.24, 2.45) is 0 Å². The van der Waals surface area contributed by atoms with Crippen molar-refractivity contribution >= 4 is 29.2 Å². The lowest BCUT2D eigenvalue weighted by atomic mass is 10.1. The first-order valence-electron chi connectivity index (χ1n) is 8.32. The smallest absolute Gasteiger partial charge is 0.315 e. The van der Waals surface area contributed by atoms with E-state index >= 15 is 0 Å². The summed E-state index contributed by atoms with van der Waals surface area (Å²) >= 11 is 11.9. The number of nitrogens with one attached hydrogen (secondary N) is 2. The van der Waals surface area contributed by atoms with Crippen LogP contribution in [0.5, 0.6) is 0 Å². The quantitative estimate of drug-likeness (QED) is 0.603. The third-order valence-electron chi connectivity index (χ3n) is 4.04. The van der Waals surface area contributed by atoms with Gasteiger partial charge < -0.3 is 10.6 Å². The van der Waals surface area contributed by atoms with Gasteiger partial charge in [0.25, 0.3) is 0 Å². The normalized spacial score (nSPS) is 11.9. The predicted molar refractivity (Wildman–Crippen MR) is 104 cm³/mol. The molecule has 1 aromatic heterocycles. The van der Waals surface area contributed by atoms with Crippen LogP contribution in [0, 0.1) is 11.6 Å². The molecule has 146 valence electrons. The summed E-state index contributed by atoms with van der Waals surface area (Å²) in [5.41, 5.74) is 1.58. The Kier molecular flexibility index (Phi) is 6.16. The SMILES string of the molecule is CC(NC(=O)NCc1cnn(-c2ccc(F)cc2F)c1)c1ccc(Cl)c(Cl)c1. The van der Waals surface area contributed by atoms with E-state index in [4.69, 9.17) is 23.2 Å². The minimum absolute atomic E-state index is 0.116. The summed E-state index contributed by atoms with van der Waals surface area (Å²) in [6.07, 6.45) is 3.05. The third-order valence-corrected chi connectivity index (χ3v) is 4.78. The van der Waals surface area contributed by atoms with Crippen molar-refractivity contribution in [3.05, 3.63) is 81.6 Å². The maximum atomic E-state index is 13.8. The van der Waals surface area contributed by atoms with Gasteiger partial charge in [0.1, 0.15) is 11.5 Å². The molecule has 0 saturated carbocycles. The molecular weight excluding hydrogens is 409 g/mol. The second-order valence-electron chi connectivity index (χ2n) is 6.11. The van der Waals surface area contributed by atoms with E-state index in [1.54, 1.807) is 24.4 Å². The highest BCUT2D eigenvalue weighted by Crippen LogP contribution is 2.25. The number of carbonyl (C=O) groups is 1. The lowest BCUT2D eigenvalue weighted by Crippen LogP contribution is -2.36. The minimum atomic E-state index is -0.726. The van der Waals surface area contributed by atoms with E-state index in [1.807, 2.05) is 6.92 Å². The Labute approximate surface area is 170 Å². The third kappa shape index (κ3) is 4.79. The number of aromatic nitrogens is 2. The summed E-state index contributed by atoms with van der Waals surface area (Å²) in [4.78, 5) is 12.1. The van der Waals surface area contributed by atoms with Crippen LogP contribution in [0.1, 0.15) is 24.1 Å². The average Bonchev–Trinajstić information content (AvgIpc) is 3.11. The van der Waals surface area contributed by atoms with Gasteiger partial charge in [-0.25, -0.2) is 18.3 Å². The van der Waals surface area contributed by atoms with Gasteiger partial charge in [0.05, 0.1) is 22.3 Å².